The third-order valence-electron chi connectivity index (χ3n) is 3.51. The first-order valence-corrected chi connectivity index (χ1v) is 7.10. The minimum absolute atomic E-state index is 0.00947. The Bertz CT molecular complexity index is 696. The van der Waals surface area contributed by atoms with Crippen molar-refractivity contribution in [3.05, 3.63) is 24.3 Å². The molecule has 1 aromatic rings. The highest BCUT2D eigenvalue weighted by Gasteiger charge is 2.43. The zero-order chi connectivity index (χ0) is 16.4. The van der Waals surface area contributed by atoms with Crippen molar-refractivity contribution in [2.75, 3.05) is 25.3 Å². The minimum Gasteiger partial charge on any atom is -0.497 e. The molecule has 23 heavy (non-hydrogen) atoms. The number of carbonyl (C=O) groups is 2. The van der Waals surface area contributed by atoms with Crippen LogP contribution in [0.1, 0.15) is 6.92 Å². The monoisotopic (exact) mass is 317 g/mol. The van der Waals surface area contributed by atoms with E-state index in [1.54, 1.807) is 43.3 Å². The lowest BCUT2D eigenvalue weighted by Crippen LogP contribution is -2.44. The number of ether oxygens (including phenoxy) is 2. The minimum atomic E-state index is -0.658. The first-order chi connectivity index (χ1) is 11.1. The molecule has 2 aliphatic rings. The largest absolute Gasteiger partial charge is 0.497 e. The molecule has 0 aliphatic carbocycles. The maximum absolute atomic E-state index is 12.1. The summed E-state index contributed by atoms with van der Waals surface area (Å²) in [6.07, 6.45) is 0. The second kappa shape index (κ2) is 6.07. The van der Waals surface area contributed by atoms with Gasteiger partial charge in [0.1, 0.15) is 17.4 Å². The van der Waals surface area contributed by atoms with E-state index < -0.39 is 17.9 Å². The van der Waals surface area contributed by atoms with Gasteiger partial charge in [0.25, 0.3) is 0 Å². The van der Waals surface area contributed by atoms with Gasteiger partial charge in [0.05, 0.1) is 25.9 Å². The van der Waals surface area contributed by atoms with Crippen molar-refractivity contribution in [1.29, 1.82) is 0 Å². The summed E-state index contributed by atoms with van der Waals surface area (Å²) < 4.78 is 10.1. The van der Waals surface area contributed by atoms with Crippen molar-refractivity contribution in [3.8, 4) is 5.75 Å². The van der Waals surface area contributed by atoms with Crippen LogP contribution in [0.4, 0.5) is 5.69 Å². The molecule has 3 rings (SSSR count). The Labute approximate surface area is 132 Å². The molecule has 0 spiro atoms. The molecule has 0 fully saturated rings. The van der Waals surface area contributed by atoms with Crippen LogP contribution in [0.5, 0.6) is 5.75 Å². The van der Waals surface area contributed by atoms with Gasteiger partial charge in [-0.3, -0.25) is 5.01 Å². The first kappa shape index (κ1) is 15.0. The lowest BCUT2D eigenvalue weighted by atomic mass is 9.98. The number of esters is 1. The van der Waals surface area contributed by atoms with Gasteiger partial charge in [-0.05, 0) is 31.2 Å². The summed E-state index contributed by atoms with van der Waals surface area (Å²) in [5.74, 6) is -1.10. The third-order valence-corrected chi connectivity index (χ3v) is 3.51. The summed E-state index contributed by atoms with van der Waals surface area (Å²) >= 11 is 0. The molecule has 120 valence electrons. The van der Waals surface area contributed by atoms with Gasteiger partial charge < -0.3 is 14.3 Å². The van der Waals surface area contributed by atoms with Crippen molar-refractivity contribution in [2.24, 2.45) is 16.2 Å². The Hall–Kier alpha value is -2.90. The summed E-state index contributed by atoms with van der Waals surface area (Å²) in [7, 11) is 1.57. The van der Waals surface area contributed by atoms with E-state index in [1.807, 2.05) is 0 Å². The summed E-state index contributed by atoms with van der Waals surface area (Å²) in [4.78, 5) is 28.6. The van der Waals surface area contributed by atoms with Crippen LogP contribution in [-0.4, -0.2) is 43.6 Å². The topological polar surface area (TPSA) is 89.8 Å². The Morgan fingerprint density at radius 1 is 1.39 bits per heavy atom. The standard InChI is InChI=1S/C15H15N3O5/c1-3-22-15(20)13-12-11(14(19)23-17-12)8-18(16-13)9-4-6-10(21-2)7-5-9/h4-7,11H,3,8H2,1-2H3. The molecule has 0 saturated heterocycles. The number of fused-ring (bicyclic) bond motifs is 1. The Kier molecular flexibility index (Phi) is 3.96. The molecule has 0 bridgehead atoms. The van der Waals surface area contributed by atoms with E-state index in [0.717, 1.165) is 0 Å². The number of benzene rings is 1. The number of methoxy groups -OCH3 is 1. The summed E-state index contributed by atoms with van der Waals surface area (Å²) in [5.41, 5.74) is 0.925. The normalized spacial score (nSPS) is 19.5. The fourth-order valence-corrected chi connectivity index (χ4v) is 2.35. The number of anilines is 1. The number of hydrogen-bond acceptors (Lipinski definition) is 8. The summed E-state index contributed by atoms with van der Waals surface area (Å²) in [5, 5.41) is 9.50. The molecule has 0 N–H and O–H groups in total. The third kappa shape index (κ3) is 2.75. The highest BCUT2D eigenvalue weighted by Crippen LogP contribution is 2.26. The van der Waals surface area contributed by atoms with Crippen molar-refractivity contribution < 1.29 is 23.9 Å². The van der Waals surface area contributed by atoms with Crippen molar-refractivity contribution >= 4 is 29.0 Å². The molecule has 1 aromatic carbocycles. The van der Waals surface area contributed by atoms with Gasteiger partial charge in [0.2, 0.25) is 0 Å². The van der Waals surface area contributed by atoms with Crippen LogP contribution in [0.2, 0.25) is 0 Å². The fraction of sp³-hybridized carbons (Fsp3) is 0.333. The Morgan fingerprint density at radius 3 is 2.78 bits per heavy atom. The van der Waals surface area contributed by atoms with E-state index in [-0.39, 0.29) is 24.6 Å². The molecule has 8 nitrogen and oxygen atoms in total. The molecule has 0 saturated carbocycles. The molecule has 0 aromatic heterocycles. The number of oxime groups is 1. The smallest absolute Gasteiger partial charge is 0.360 e. The van der Waals surface area contributed by atoms with Gasteiger partial charge in [-0.1, -0.05) is 5.16 Å². The van der Waals surface area contributed by atoms with Crippen LogP contribution in [0, 0.1) is 5.92 Å². The van der Waals surface area contributed by atoms with E-state index in [1.165, 1.54) is 0 Å². The highest BCUT2D eigenvalue weighted by molar-refractivity contribution is 6.68. The second-order valence-corrected chi connectivity index (χ2v) is 4.89. The fourth-order valence-electron chi connectivity index (χ4n) is 2.35. The van der Waals surface area contributed by atoms with E-state index in [9.17, 15) is 9.59 Å². The predicted octanol–water partition coefficient (Wildman–Crippen LogP) is 0.963. The zero-order valence-electron chi connectivity index (χ0n) is 12.7. The molecular formula is C15H15N3O5. The van der Waals surface area contributed by atoms with E-state index in [4.69, 9.17) is 14.3 Å². The molecule has 2 aliphatic heterocycles. The lowest BCUT2D eigenvalue weighted by molar-refractivity contribution is -0.143. The summed E-state index contributed by atoms with van der Waals surface area (Å²) in [6.45, 7) is 2.14. The Morgan fingerprint density at radius 2 is 2.13 bits per heavy atom. The van der Waals surface area contributed by atoms with Gasteiger partial charge in [-0.2, -0.15) is 5.10 Å². The number of rotatable bonds is 4. The molecule has 0 radical (unpaired) electrons. The maximum atomic E-state index is 12.1. The molecule has 2 heterocycles. The molecule has 1 unspecified atom stereocenters. The SMILES string of the molecule is CCOC(=O)C1=NN(c2ccc(OC)cc2)CC2C(=O)ON=C12. The van der Waals surface area contributed by atoms with Gasteiger partial charge in [-0.25, -0.2) is 9.59 Å². The highest BCUT2D eigenvalue weighted by atomic mass is 16.7. The van der Waals surface area contributed by atoms with Crippen LogP contribution < -0.4 is 9.75 Å². The summed E-state index contributed by atoms with van der Waals surface area (Å²) in [6, 6.07) is 7.11. The van der Waals surface area contributed by atoms with Gasteiger partial charge in [-0.15, -0.1) is 0 Å². The van der Waals surface area contributed by atoms with Gasteiger partial charge in [0.15, 0.2) is 5.71 Å². The van der Waals surface area contributed by atoms with E-state index in [2.05, 4.69) is 10.3 Å². The number of nitrogens with zero attached hydrogens (tertiary/aromatic N) is 3. The maximum Gasteiger partial charge on any atom is 0.360 e. The molecular weight excluding hydrogens is 302 g/mol. The average molecular weight is 317 g/mol. The number of hydrazone groups is 1. The first-order valence-electron chi connectivity index (χ1n) is 7.10. The number of carbonyl (C=O) groups excluding carboxylic acids is 2. The molecule has 8 heteroatoms. The molecule has 0 amide bonds. The quantitative estimate of drug-likeness (QED) is 0.607. The van der Waals surface area contributed by atoms with Crippen LogP contribution in [0.3, 0.4) is 0 Å². The number of hydrogen-bond donors (Lipinski definition) is 0. The van der Waals surface area contributed by atoms with Crippen LogP contribution in [0.25, 0.3) is 0 Å². The van der Waals surface area contributed by atoms with Gasteiger partial charge >= 0.3 is 11.9 Å². The van der Waals surface area contributed by atoms with Crippen molar-refractivity contribution in [1.82, 2.24) is 0 Å². The van der Waals surface area contributed by atoms with Gasteiger partial charge in [0, 0.05) is 0 Å². The molecule has 1 atom stereocenters. The average Bonchev–Trinajstić information content (AvgIpc) is 2.95. The predicted molar refractivity (Wildman–Crippen MR) is 81.4 cm³/mol. The van der Waals surface area contributed by atoms with Crippen molar-refractivity contribution in [2.45, 2.75) is 6.92 Å². The lowest BCUT2D eigenvalue weighted by Gasteiger charge is -2.27. The van der Waals surface area contributed by atoms with Crippen LogP contribution >= 0.6 is 0 Å². The Balaban J connectivity index is 1.95. The van der Waals surface area contributed by atoms with Crippen molar-refractivity contribution in [3.63, 3.8) is 0 Å². The van der Waals surface area contributed by atoms with Crippen LogP contribution in [0.15, 0.2) is 34.5 Å². The van der Waals surface area contributed by atoms with E-state index in [0.29, 0.717) is 11.4 Å². The zero-order valence-corrected chi connectivity index (χ0v) is 12.7. The van der Waals surface area contributed by atoms with Crippen LogP contribution in [-0.2, 0) is 19.2 Å². The van der Waals surface area contributed by atoms with E-state index >= 15 is 0 Å². The second-order valence-electron chi connectivity index (χ2n) is 4.89.